The molecule has 7 heteroatoms. The van der Waals surface area contributed by atoms with Gasteiger partial charge >= 0.3 is 0 Å². The molecule has 0 radical (unpaired) electrons. The molecule has 0 bridgehead atoms. The lowest BCUT2D eigenvalue weighted by atomic mass is 10.0. The van der Waals surface area contributed by atoms with E-state index in [4.69, 9.17) is 0 Å². The number of carbonyl (C=O) groups is 2. The zero-order valence-corrected chi connectivity index (χ0v) is 14.5. The lowest BCUT2D eigenvalue weighted by molar-refractivity contribution is -0.137. The van der Waals surface area contributed by atoms with Crippen molar-refractivity contribution in [2.75, 3.05) is 11.5 Å². The zero-order chi connectivity index (χ0) is 17.4. The van der Waals surface area contributed by atoms with E-state index in [0.29, 0.717) is 25.8 Å². The van der Waals surface area contributed by atoms with Gasteiger partial charge in [-0.25, -0.2) is 8.42 Å². The molecular weight excluding hydrogens is 328 g/mol. The van der Waals surface area contributed by atoms with Gasteiger partial charge in [-0.1, -0.05) is 29.8 Å². The fourth-order valence-electron chi connectivity index (χ4n) is 2.97. The summed E-state index contributed by atoms with van der Waals surface area (Å²) in [6, 6.07) is 7.46. The molecule has 1 atom stereocenters. The SMILES string of the molecule is Cc1ccc(CNC(=O)C2(C(=O)NC3CCS(=O)(=O)C3)CC2)cc1. The molecule has 1 aromatic carbocycles. The Kier molecular flexibility index (Phi) is 4.38. The Labute approximate surface area is 141 Å². The molecule has 130 valence electrons. The lowest BCUT2D eigenvalue weighted by Crippen LogP contribution is -2.46. The Hall–Kier alpha value is -1.89. The van der Waals surface area contributed by atoms with Crippen LogP contribution in [0.5, 0.6) is 0 Å². The van der Waals surface area contributed by atoms with E-state index < -0.39 is 15.3 Å². The highest BCUT2D eigenvalue weighted by atomic mass is 32.2. The number of hydrogen-bond acceptors (Lipinski definition) is 4. The van der Waals surface area contributed by atoms with Crippen LogP contribution >= 0.6 is 0 Å². The second-order valence-corrected chi connectivity index (χ2v) is 9.05. The number of aryl methyl sites for hydroxylation is 1. The molecule has 2 amide bonds. The molecule has 1 aromatic rings. The van der Waals surface area contributed by atoms with Crippen LogP contribution in [0.15, 0.2) is 24.3 Å². The molecule has 2 fully saturated rings. The van der Waals surface area contributed by atoms with Crippen molar-refractivity contribution >= 4 is 21.7 Å². The number of rotatable bonds is 5. The van der Waals surface area contributed by atoms with Crippen LogP contribution in [-0.4, -0.2) is 37.8 Å². The van der Waals surface area contributed by atoms with E-state index in [9.17, 15) is 18.0 Å². The molecule has 0 aromatic heterocycles. The minimum atomic E-state index is -3.05. The molecule has 1 aliphatic heterocycles. The minimum Gasteiger partial charge on any atom is -0.351 e. The van der Waals surface area contributed by atoms with Gasteiger partial charge in [0, 0.05) is 12.6 Å². The molecular formula is C17H22N2O4S. The molecule has 1 saturated heterocycles. The molecule has 1 saturated carbocycles. The molecule has 24 heavy (non-hydrogen) atoms. The van der Waals surface area contributed by atoms with Gasteiger partial charge in [0.05, 0.1) is 11.5 Å². The van der Waals surface area contributed by atoms with E-state index >= 15 is 0 Å². The van der Waals surface area contributed by atoms with Crippen molar-refractivity contribution in [3.63, 3.8) is 0 Å². The Balaban J connectivity index is 1.55. The summed E-state index contributed by atoms with van der Waals surface area (Å²) < 4.78 is 22.9. The summed E-state index contributed by atoms with van der Waals surface area (Å²) in [5.41, 5.74) is 1.11. The quantitative estimate of drug-likeness (QED) is 0.765. The third-order valence-corrected chi connectivity index (χ3v) is 6.53. The average molecular weight is 350 g/mol. The van der Waals surface area contributed by atoms with E-state index in [-0.39, 0.29) is 29.4 Å². The molecule has 2 N–H and O–H groups in total. The smallest absolute Gasteiger partial charge is 0.235 e. The number of sulfone groups is 1. The predicted octanol–water partition coefficient (Wildman–Crippen LogP) is 0.695. The standard InChI is InChI=1S/C17H22N2O4S/c1-12-2-4-13(5-3-12)10-18-15(20)17(7-8-17)16(21)19-14-6-9-24(22,23)11-14/h2-5,14H,6-11H2,1H3,(H,18,20)(H,19,21). The van der Waals surface area contributed by atoms with Gasteiger partial charge in [-0.05, 0) is 31.7 Å². The van der Waals surface area contributed by atoms with Gasteiger partial charge in [-0.15, -0.1) is 0 Å². The maximum atomic E-state index is 12.4. The molecule has 6 nitrogen and oxygen atoms in total. The number of benzene rings is 1. The second kappa shape index (κ2) is 6.20. The van der Waals surface area contributed by atoms with Gasteiger partial charge in [-0.2, -0.15) is 0 Å². The highest BCUT2D eigenvalue weighted by Gasteiger charge is 2.56. The summed E-state index contributed by atoms with van der Waals surface area (Å²) in [6.07, 6.45) is 1.45. The van der Waals surface area contributed by atoms with E-state index in [1.165, 1.54) is 0 Å². The van der Waals surface area contributed by atoms with Gasteiger partial charge in [0.25, 0.3) is 0 Å². The van der Waals surface area contributed by atoms with Gasteiger partial charge in [0.1, 0.15) is 5.41 Å². The second-order valence-electron chi connectivity index (χ2n) is 6.82. The first kappa shape index (κ1) is 17.0. The highest BCUT2D eigenvalue weighted by molar-refractivity contribution is 7.91. The normalized spacial score (nSPS) is 23.5. The number of carbonyl (C=O) groups excluding carboxylic acids is 2. The van der Waals surface area contributed by atoms with Crippen LogP contribution in [0.3, 0.4) is 0 Å². The number of amides is 2. The molecule has 1 aliphatic carbocycles. The van der Waals surface area contributed by atoms with Crippen molar-refractivity contribution in [1.82, 2.24) is 10.6 Å². The maximum absolute atomic E-state index is 12.4. The van der Waals surface area contributed by atoms with Gasteiger partial charge in [0.2, 0.25) is 11.8 Å². The van der Waals surface area contributed by atoms with Crippen LogP contribution in [-0.2, 0) is 26.0 Å². The van der Waals surface area contributed by atoms with Crippen molar-refractivity contribution in [2.24, 2.45) is 5.41 Å². The third kappa shape index (κ3) is 3.61. The van der Waals surface area contributed by atoms with Crippen LogP contribution < -0.4 is 10.6 Å². The first-order valence-electron chi connectivity index (χ1n) is 8.16. The fourth-order valence-corrected chi connectivity index (χ4v) is 4.65. The molecule has 1 unspecified atom stereocenters. The van der Waals surface area contributed by atoms with Crippen molar-refractivity contribution in [2.45, 2.75) is 38.8 Å². The molecule has 1 heterocycles. The molecule has 2 aliphatic rings. The van der Waals surface area contributed by atoms with Crippen LogP contribution in [0.4, 0.5) is 0 Å². The number of hydrogen-bond donors (Lipinski definition) is 2. The first-order valence-corrected chi connectivity index (χ1v) is 9.98. The fraction of sp³-hybridized carbons (Fsp3) is 0.529. The maximum Gasteiger partial charge on any atom is 0.235 e. The van der Waals surface area contributed by atoms with Crippen molar-refractivity contribution < 1.29 is 18.0 Å². The first-order chi connectivity index (χ1) is 11.3. The Morgan fingerprint density at radius 2 is 1.83 bits per heavy atom. The molecule has 0 spiro atoms. The summed E-state index contributed by atoms with van der Waals surface area (Å²) in [5.74, 6) is -0.544. The van der Waals surface area contributed by atoms with Crippen LogP contribution in [0, 0.1) is 12.3 Å². The van der Waals surface area contributed by atoms with Gasteiger partial charge in [-0.3, -0.25) is 9.59 Å². The summed E-state index contributed by atoms with van der Waals surface area (Å²) in [5, 5.41) is 5.57. The largest absolute Gasteiger partial charge is 0.351 e. The van der Waals surface area contributed by atoms with E-state index in [2.05, 4.69) is 10.6 Å². The van der Waals surface area contributed by atoms with E-state index in [1.807, 2.05) is 31.2 Å². The topological polar surface area (TPSA) is 92.3 Å². The van der Waals surface area contributed by atoms with Crippen molar-refractivity contribution in [3.8, 4) is 0 Å². The summed E-state index contributed by atoms with van der Waals surface area (Å²) in [4.78, 5) is 24.8. The van der Waals surface area contributed by atoms with E-state index in [1.54, 1.807) is 0 Å². The predicted molar refractivity (Wildman–Crippen MR) is 89.9 cm³/mol. The summed E-state index contributed by atoms with van der Waals surface area (Å²) in [7, 11) is -3.05. The highest BCUT2D eigenvalue weighted by Crippen LogP contribution is 2.46. The zero-order valence-electron chi connectivity index (χ0n) is 13.7. The monoisotopic (exact) mass is 350 g/mol. The third-order valence-electron chi connectivity index (χ3n) is 4.76. The van der Waals surface area contributed by atoms with Crippen molar-refractivity contribution in [1.29, 1.82) is 0 Å². The molecule has 3 rings (SSSR count). The Morgan fingerprint density at radius 1 is 1.17 bits per heavy atom. The Bertz CT molecular complexity index is 751. The van der Waals surface area contributed by atoms with Gasteiger partial charge in [0.15, 0.2) is 9.84 Å². The van der Waals surface area contributed by atoms with Gasteiger partial charge < -0.3 is 10.6 Å². The van der Waals surface area contributed by atoms with E-state index in [0.717, 1.165) is 11.1 Å². The van der Waals surface area contributed by atoms with Crippen LogP contribution in [0.25, 0.3) is 0 Å². The minimum absolute atomic E-state index is 0.0280. The van der Waals surface area contributed by atoms with Crippen molar-refractivity contribution in [3.05, 3.63) is 35.4 Å². The average Bonchev–Trinajstić information content (AvgIpc) is 3.27. The Morgan fingerprint density at radius 3 is 2.38 bits per heavy atom. The van der Waals surface area contributed by atoms with Crippen LogP contribution in [0.2, 0.25) is 0 Å². The summed E-state index contributed by atoms with van der Waals surface area (Å²) in [6.45, 7) is 2.38. The van der Waals surface area contributed by atoms with Crippen LogP contribution in [0.1, 0.15) is 30.4 Å². The summed E-state index contributed by atoms with van der Waals surface area (Å²) >= 11 is 0. The number of nitrogens with one attached hydrogen (secondary N) is 2. The lowest BCUT2D eigenvalue weighted by Gasteiger charge is -2.18.